The van der Waals surface area contributed by atoms with E-state index in [0.29, 0.717) is 6.61 Å². The number of thiophene rings is 1. The van der Waals surface area contributed by atoms with Crippen molar-refractivity contribution >= 4 is 11.3 Å². The van der Waals surface area contributed by atoms with Crippen molar-refractivity contribution in [2.75, 3.05) is 6.61 Å². The Bertz CT molecular complexity index is 413. The van der Waals surface area contributed by atoms with E-state index in [2.05, 4.69) is 16.8 Å². The second-order valence-electron chi connectivity index (χ2n) is 4.05. The Labute approximate surface area is 106 Å². The lowest BCUT2D eigenvalue weighted by molar-refractivity contribution is 0.282. The first-order chi connectivity index (χ1) is 8.34. The van der Waals surface area contributed by atoms with Crippen molar-refractivity contribution in [3.05, 3.63) is 52.7 Å². The van der Waals surface area contributed by atoms with Crippen LogP contribution in [-0.4, -0.2) is 12.6 Å². The molecular formula is C14H17NOS. The highest BCUT2D eigenvalue weighted by Crippen LogP contribution is 2.11. The number of hydrogen-bond donors (Lipinski definition) is 1. The molecule has 3 heteroatoms. The highest BCUT2D eigenvalue weighted by Gasteiger charge is 2.04. The van der Waals surface area contributed by atoms with Crippen LogP contribution in [0.3, 0.4) is 0 Å². The summed E-state index contributed by atoms with van der Waals surface area (Å²) in [6.45, 7) is 0.578. The van der Waals surface area contributed by atoms with Crippen molar-refractivity contribution in [3.63, 3.8) is 0 Å². The molecule has 0 spiro atoms. The molecule has 0 saturated heterocycles. The number of para-hydroxylation sites is 1. The van der Waals surface area contributed by atoms with E-state index in [4.69, 9.17) is 10.5 Å². The van der Waals surface area contributed by atoms with Crippen LogP contribution in [0.2, 0.25) is 0 Å². The Morgan fingerprint density at radius 3 is 2.71 bits per heavy atom. The Morgan fingerprint density at radius 2 is 2.00 bits per heavy atom. The van der Waals surface area contributed by atoms with Crippen LogP contribution in [0.4, 0.5) is 0 Å². The molecule has 0 aliphatic carbocycles. The molecule has 0 aliphatic heterocycles. The van der Waals surface area contributed by atoms with E-state index in [1.54, 1.807) is 11.3 Å². The predicted molar refractivity (Wildman–Crippen MR) is 72.6 cm³/mol. The molecule has 2 rings (SSSR count). The Morgan fingerprint density at radius 1 is 1.18 bits per heavy atom. The Kier molecular flexibility index (Phi) is 4.59. The summed E-state index contributed by atoms with van der Waals surface area (Å²) in [5, 5.41) is 4.27. The van der Waals surface area contributed by atoms with Gasteiger partial charge in [-0.25, -0.2) is 0 Å². The lowest BCUT2D eigenvalue weighted by Crippen LogP contribution is -2.28. The predicted octanol–water partition coefficient (Wildman–Crippen LogP) is 3.09. The van der Waals surface area contributed by atoms with E-state index >= 15 is 0 Å². The highest BCUT2D eigenvalue weighted by atomic mass is 32.1. The molecule has 0 fully saturated rings. The van der Waals surface area contributed by atoms with Gasteiger partial charge in [0, 0.05) is 6.04 Å². The van der Waals surface area contributed by atoms with E-state index in [-0.39, 0.29) is 6.04 Å². The van der Waals surface area contributed by atoms with Crippen molar-refractivity contribution in [1.29, 1.82) is 0 Å². The maximum atomic E-state index is 6.02. The van der Waals surface area contributed by atoms with Gasteiger partial charge in [0.1, 0.15) is 12.4 Å². The number of nitrogens with two attached hydrogens (primary N) is 1. The fourth-order valence-electron chi connectivity index (χ4n) is 1.59. The van der Waals surface area contributed by atoms with Crippen molar-refractivity contribution in [3.8, 4) is 5.75 Å². The minimum Gasteiger partial charge on any atom is -0.492 e. The monoisotopic (exact) mass is 247 g/mol. The topological polar surface area (TPSA) is 35.2 Å². The lowest BCUT2D eigenvalue weighted by atomic mass is 10.1. The molecular weight excluding hydrogens is 230 g/mol. The van der Waals surface area contributed by atoms with Crippen LogP contribution in [-0.2, 0) is 6.42 Å². The molecule has 1 heterocycles. The van der Waals surface area contributed by atoms with E-state index in [1.165, 1.54) is 5.56 Å². The number of aryl methyl sites for hydroxylation is 1. The largest absolute Gasteiger partial charge is 0.492 e. The molecule has 0 saturated carbocycles. The third-order valence-corrected chi connectivity index (χ3v) is 3.32. The van der Waals surface area contributed by atoms with Gasteiger partial charge in [0.15, 0.2) is 0 Å². The first-order valence-corrected chi connectivity index (χ1v) is 6.73. The zero-order valence-electron chi connectivity index (χ0n) is 9.71. The molecule has 1 aromatic carbocycles. The fraction of sp³-hybridized carbons (Fsp3) is 0.286. The summed E-state index contributed by atoms with van der Waals surface area (Å²) >= 11 is 1.73. The quantitative estimate of drug-likeness (QED) is 0.851. The minimum atomic E-state index is 0.0927. The van der Waals surface area contributed by atoms with Crippen molar-refractivity contribution < 1.29 is 4.74 Å². The molecule has 1 atom stereocenters. The van der Waals surface area contributed by atoms with Crippen LogP contribution in [0.25, 0.3) is 0 Å². The zero-order valence-corrected chi connectivity index (χ0v) is 10.5. The third-order valence-electron chi connectivity index (χ3n) is 2.59. The molecule has 0 bridgehead atoms. The zero-order chi connectivity index (χ0) is 11.9. The summed E-state index contributed by atoms with van der Waals surface area (Å²) in [6.07, 6.45) is 1.99. The smallest absolute Gasteiger partial charge is 0.119 e. The summed E-state index contributed by atoms with van der Waals surface area (Å²) < 4.78 is 5.62. The van der Waals surface area contributed by atoms with Gasteiger partial charge >= 0.3 is 0 Å². The van der Waals surface area contributed by atoms with Gasteiger partial charge in [-0.1, -0.05) is 18.2 Å². The van der Waals surface area contributed by atoms with E-state index < -0.39 is 0 Å². The second-order valence-corrected chi connectivity index (χ2v) is 4.83. The fourth-order valence-corrected chi connectivity index (χ4v) is 2.29. The number of ether oxygens (including phenoxy) is 1. The molecule has 0 radical (unpaired) electrons. The van der Waals surface area contributed by atoms with Crippen molar-refractivity contribution in [2.24, 2.45) is 5.73 Å². The van der Waals surface area contributed by atoms with Gasteiger partial charge < -0.3 is 10.5 Å². The molecule has 2 nitrogen and oxygen atoms in total. The average Bonchev–Trinajstić information content (AvgIpc) is 2.88. The summed E-state index contributed by atoms with van der Waals surface area (Å²) in [5.41, 5.74) is 7.38. The van der Waals surface area contributed by atoms with Crippen LogP contribution in [0, 0.1) is 0 Å². The Balaban J connectivity index is 1.69. The van der Waals surface area contributed by atoms with Gasteiger partial charge in [0.05, 0.1) is 0 Å². The summed E-state index contributed by atoms with van der Waals surface area (Å²) in [4.78, 5) is 0. The standard InChI is InChI=1S/C14H17NOS/c15-13(7-6-12-8-9-17-11-12)10-16-14-4-2-1-3-5-14/h1-5,8-9,11,13H,6-7,10,15H2. The van der Waals surface area contributed by atoms with Gasteiger partial charge in [0.25, 0.3) is 0 Å². The van der Waals surface area contributed by atoms with Gasteiger partial charge in [-0.3, -0.25) is 0 Å². The van der Waals surface area contributed by atoms with E-state index in [9.17, 15) is 0 Å². The van der Waals surface area contributed by atoms with E-state index in [1.807, 2.05) is 30.3 Å². The molecule has 2 N–H and O–H groups in total. The lowest BCUT2D eigenvalue weighted by Gasteiger charge is -2.12. The molecule has 1 aromatic heterocycles. The Hall–Kier alpha value is -1.32. The van der Waals surface area contributed by atoms with Crippen molar-refractivity contribution in [1.82, 2.24) is 0 Å². The third kappa shape index (κ3) is 4.21. The van der Waals surface area contributed by atoms with Crippen LogP contribution in [0.1, 0.15) is 12.0 Å². The van der Waals surface area contributed by atoms with Crippen LogP contribution >= 0.6 is 11.3 Å². The number of rotatable bonds is 6. The summed E-state index contributed by atoms with van der Waals surface area (Å²) in [7, 11) is 0. The molecule has 17 heavy (non-hydrogen) atoms. The number of benzene rings is 1. The van der Waals surface area contributed by atoms with Crippen molar-refractivity contribution in [2.45, 2.75) is 18.9 Å². The van der Waals surface area contributed by atoms with Gasteiger partial charge in [-0.05, 0) is 47.4 Å². The molecule has 0 aliphatic rings. The molecule has 0 amide bonds. The maximum absolute atomic E-state index is 6.02. The normalized spacial score (nSPS) is 12.3. The molecule has 2 aromatic rings. The molecule has 1 unspecified atom stereocenters. The first kappa shape index (κ1) is 12.1. The van der Waals surface area contributed by atoms with Crippen LogP contribution in [0.5, 0.6) is 5.75 Å². The highest BCUT2D eigenvalue weighted by molar-refractivity contribution is 7.07. The van der Waals surface area contributed by atoms with Crippen LogP contribution < -0.4 is 10.5 Å². The van der Waals surface area contributed by atoms with Gasteiger partial charge in [-0.15, -0.1) is 0 Å². The minimum absolute atomic E-state index is 0.0927. The SMILES string of the molecule is NC(CCc1ccsc1)COc1ccccc1. The second kappa shape index (κ2) is 6.42. The van der Waals surface area contributed by atoms with Gasteiger partial charge in [0.2, 0.25) is 0 Å². The first-order valence-electron chi connectivity index (χ1n) is 5.79. The van der Waals surface area contributed by atoms with Gasteiger partial charge in [-0.2, -0.15) is 11.3 Å². The number of hydrogen-bond acceptors (Lipinski definition) is 3. The van der Waals surface area contributed by atoms with Crippen LogP contribution in [0.15, 0.2) is 47.2 Å². The van der Waals surface area contributed by atoms with E-state index in [0.717, 1.165) is 18.6 Å². The maximum Gasteiger partial charge on any atom is 0.119 e. The average molecular weight is 247 g/mol. The summed E-state index contributed by atoms with van der Waals surface area (Å²) in [5.74, 6) is 0.887. The molecule has 90 valence electrons. The summed E-state index contributed by atoms with van der Waals surface area (Å²) in [6, 6.07) is 12.0.